The number of hydrogen-bond donors (Lipinski definition) is 2. The second-order valence-electron chi connectivity index (χ2n) is 7.71. The molecule has 0 fully saturated rings. The Kier molecular flexibility index (Phi) is 7.53. The lowest BCUT2D eigenvalue weighted by Crippen LogP contribution is -2.15. The Bertz CT molecular complexity index is 1170. The van der Waals surface area contributed by atoms with Crippen LogP contribution in [-0.2, 0) is 14.8 Å². The molecule has 0 spiro atoms. The molecule has 2 N–H and O–H groups in total. The molecule has 32 heavy (non-hydrogen) atoms. The van der Waals surface area contributed by atoms with Crippen LogP contribution < -0.4 is 14.8 Å². The van der Waals surface area contributed by atoms with Crippen LogP contribution in [0, 0.1) is 20.8 Å². The van der Waals surface area contributed by atoms with E-state index in [0.29, 0.717) is 30.8 Å². The maximum atomic E-state index is 12.7. The second-order valence-corrected chi connectivity index (χ2v) is 9.40. The quantitative estimate of drug-likeness (QED) is 0.437. The zero-order valence-corrected chi connectivity index (χ0v) is 19.3. The number of ether oxygens (including phenoxy) is 1. The predicted octanol–water partition coefficient (Wildman–Crippen LogP) is 5.21. The van der Waals surface area contributed by atoms with E-state index in [2.05, 4.69) is 10.0 Å². The first-order valence-corrected chi connectivity index (χ1v) is 11.9. The van der Waals surface area contributed by atoms with Gasteiger partial charge >= 0.3 is 0 Å². The summed E-state index contributed by atoms with van der Waals surface area (Å²) in [6.07, 6.45) is 0.881. The lowest BCUT2D eigenvalue weighted by molar-refractivity contribution is -0.116. The first-order chi connectivity index (χ1) is 15.2. The highest BCUT2D eigenvalue weighted by Crippen LogP contribution is 2.24. The van der Waals surface area contributed by atoms with Crippen molar-refractivity contribution in [2.75, 3.05) is 16.6 Å². The van der Waals surface area contributed by atoms with Crippen LogP contribution in [0.5, 0.6) is 5.75 Å². The van der Waals surface area contributed by atoms with Gasteiger partial charge in [0.2, 0.25) is 5.91 Å². The van der Waals surface area contributed by atoms with Crippen molar-refractivity contribution in [3.05, 3.63) is 83.4 Å². The molecule has 0 atom stereocenters. The van der Waals surface area contributed by atoms with E-state index in [9.17, 15) is 13.2 Å². The molecule has 3 rings (SSSR count). The van der Waals surface area contributed by atoms with E-state index in [1.54, 1.807) is 12.1 Å². The zero-order valence-electron chi connectivity index (χ0n) is 18.5. The van der Waals surface area contributed by atoms with Gasteiger partial charge in [-0.05, 0) is 80.3 Å². The average molecular weight is 453 g/mol. The van der Waals surface area contributed by atoms with Crippen LogP contribution in [0.3, 0.4) is 0 Å². The molecule has 0 aliphatic rings. The van der Waals surface area contributed by atoms with Crippen molar-refractivity contribution in [2.24, 2.45) is 0 Å². The topological polar surface area (TPSA) is 84.5 Å². The van der Waals surface area contributed by atoms with E-state index in [0.717, 1.165) is 22.4 Å². The molecule has 0 saturated heterocycles. The fraction of sp³-hybridized carbons (Fsp3) is 0.240. The number of carbonyl (C=O) groups is 1. The summed E-state index contributed by atoms with van der Waals surface area (Å²) < 4.78 is 33.8. The highest BCUT2D eigenvalue weighted by atomic mass is 32.2. The lowest BCUT2D eigenvalue weighted by atomic mass is 10.1. The number of para-hydroxylation sites is 1. The smallest absolute Gasteiger partial charge is 0.261 e. The van der Waals surface area contributed by atoms with Gasteiger partial charge in [-0.15, -0.1) is 0 Å². The van der Waals surface area contributed by atoms with E-state index in [1.807, 2.05) is 63.2 Å². The largest absolute Gasteiger partial charge is 0.494 e. The molecule has 0 aliphatic heterocycles. The molecule has 0 saturated carbocycles. The number of sulfonamides is 1. The summed E-state index contributed by atoms with van der Waals surface area (Å²) in [6, 6.07) is 19.5. The summed E-state index contributed by atoms with van der Waals surface area (Å²) in [5.41, 5.74) is 3.95. The van der Waals surface area contributed by atoms with Gasteiger partial charge in [0, 0.05) is 12.1 Å². The summed E-state index contributed by atoms with van der Waals surface area (Å²) in [6.45, 7) is 6.15. The zero-order chi connectivity index (χ0) is 23.1. The first-order valence-electron chi connectivity index (χ1n) is 10.4. The highest BCUT2D eigenvalue weighted by molar-refractivity contribution is 7.92. The predicted molar refractivity (Wildman–Crippen MR) is 128 cm³/mol. The molecule has 0 bridgehead atoms. The van der Waals surface area contributed by atoms with Crippen molar-refractivity contribution in [3.63, 3.8) is 0 Å². The van der Waals surface area contributed by atoms with Gasteiger partial charge in [0.15, 0.2) is 0 Å². The van der Waals surface area contributed by atoms with Crippen molar-refractivity contribution in [3.8, 4) is 5.75 Å². The third kappa shape index (κ3) is 6.34. The molecule has 0 radical (unpaired) electrons. The molecule has 0 aromatic heterocycles. The van der Waals surface area contributed by atoms with Crippen LogP contribution in [0.4, 0.5) is 11.4 Å². The number of rotatable bonds is 9. The number of aryl methyl sites for hydroxylation is 3. The Labute approximate surface area is 189 Å². The molecule has 6 nitrogen and oxygen atoms in total. The van der Waals surface area contributed by atoms with Gasteiger partial charge < -0.3 is 10.1 Å². The van der Waals surface area contributed by atoms with E-state index in [-0.39, 0.29) is 10.8 Å². The molecule has 0 unspecified atom stereocenters. The molecular formula is C25H28N2O4S. The van der Waals surface area contributed by atoms with Gasteiger partial charge in [-0.1, -0.05) is 30.3 Å². The Balaban J connectivity index is 1.52. The van der Waals surface area contributed by atoms with Crippen LogP contribution in [0.15, 0.2) is 71.6 Å². The number of anilines is 2. The minimum absolute atomic E-state index is 0.129. The summed E-state index contributed by atoms with van der Waals surface area (Å²) in [4.78, 5) is 12.3. The molecule has 3 aromatic carbocycles. The Morgan fingerprint density at radius 2 is 1.56 bits per heavy atom. The van der Waals surface area contributed by atoms with Gasteiger partial charge in [0.25, 0.3) is 10.0 Å². The van der Waals surface area contributed by atoms with Crippen molar-refractivity contribution in [1.82, 2.24) is 0 Å². The molecule has 168 valence electrons. The monoisotopic (exact) mass is 452 g/mol. The number of benzene rings is 3. The molecule has 1 amide bonds. The maximum Gasteiger partial charge on any atom is 0.261 e. The molecule has 7 heteroatoms. The molecular weight excluding hydrogens is 424 g/mol. The van der Waals surface area contributed by atoms with Crippen molar-refractivity contribution >= 4 is 27.3 Å². The first kappa shape index (κ1) is 23.3. The van der Waals surface area contributed by atoms with Crippen molar-refractivity contribution < 1.29 is 17.9 Å². The summed E-state index contributed by atoms with van der Waals surface area (Å²) in [5, 5.41) is 2.79. The van der Waals surface area contributed by atoms with Crippen LogP contribution in [-0.4, -0.2) is 20.9 Å². The van der Waals surface area contributed by atoms with Gasteiger partial charge in [0.1, 0.15) is 5.75 Å². The Morgan fingerprint density at radius 1 is 0.906 bits per heavy atom. The molecule has 3 aromatic rings. The number of carbonyl (C=O) groups excluding carboxylic acids is 1. The lowest BCUT2D eigenvalue weighted by Gasteiger charge is -2.13. The number of hydrogen-bond acceptors (Lipinski definition) is 4. The number of nitrogens with one attached hydrogen (secondary N) is 2. The van der Waals surface area contributed by atoms with Crippen molar-refractivity contribution in [2.45, 2.75) is 38.5 Å². The minimum Gasteiger partial charge on any atom is -0.494 e. The van der Waals surface area contributed by atoms with E-state index in [4.69, 9.17) is 4.74 Å². The Hall–Kier alpha value is -3.32. The van der Waals surface area contributed by atoms with Crippen LogP contribution in [0.1, 0.15) is 29.5 Å². The van der Waals surface area contributed by atoms with Gasteiger partial charge in [-0.3, -0.25) is 9.52 Å². The minimum atomic E-state index is -3.73. The van der Waals surface area contributed by atoms with Crippen LogP contribution in [0.25, 0.3) is 0 Å². The summed E-state index contributed by atoms with van der Waals surface area (Å²) >= 11 is 0. The fourth-order valence-corrected chi connectivity index (χ4v) is 4.44. The summed E-state index contributed by atoms with van der Waals surface area (Å²) in [5.74, 6) is 0.638. The number of amides is 1. The third-order valence-corrected chi connectivity index (χ3v) is 6.34. The fourth-order valence-electron chi connectivity index (χ4n) is 3.24. The normalized spacial score (nSPS) is 11.1. The van der Waals surface area contributed by atoms with Gasteiger partial charge in [0.05, 0.1) is 17.2 Å². The van der Waals surface area contributed by atoms with E-state index >= 15 is 0 Å². The SMILES string of the molecule is Cc1cccc(OCCCC(=O)Nc2ccc(S(=O)(=O)Nc3c(C)cccc3C)cc2)c1. The average Bonchev–Trinajstić information content (AvgIpc) is 2.74. The summed E-state index contributed by atoms with van der Waals surface area (Å²) in [7, 11) is -3.73. The Morgan fingerprint density at radius 3 is 2.22 bits per heavy atom. The second kappa shape index (κ2) is 10.3. The standard InChI is InChI=1S/C25H28N2O4S/c1-18-7-4-10-22(17-18)31-16-6-11-24(28)26-21-12-14-23(15-13-21)32(29,30)27-25-19(2)8-5-9-20(25)3/h4-5,7-10,12-15,17,27H,6,11,16H2,1-3H3,(H,26,28). The van der Waals surface area contributed by atoms with Crippen molar-refractivity contribution in [1.29, 1.82) is 0 Å². The van der Waals surface area contributed by atoms with Crippen LogP contribution >= 0.6 is 0 Å². The van der Waals surface area contributed by atoms with Gasteiger partial charge in [-0.25, -0.2) is 8.42 Å². The van der Waals surface area contributed by atoms with E-state index in [1.165, 1.54) is 12.1 Å². The molecule has 0 heterocycles. The third-order valence-electron chi connectivity index (χ3n) is 4.97. The van der Waals surface area contributed by atoms with Gasteiger partial charge in [-0.2, -0.15) is 0 Å². The highest BCUT2D eigenvalue weighted by Gasteiger charge is 2.16. The van der Waals surface area contributed by atoms with E-state index < -0.39 is 10.0 Å². The molecule has 0 aliphatic carbocycles. The van der Waals surface area contributed by atoms with Crippen LogP contribution in [0.2, 0.25) is 0 Å². The maximum absolute atomic E-state index is 12.7.